The zero-order chi connectivity index (χ0) is 10.9. The standard InChI is InChI=1S/C8H12N6/c1-13-7-4(10)3(9)5(11)8(14-2)6(7)12/h1-2,9-12H2. The maximum atomic E-state index is 5.69. The molecule has 0 amide bonds. The Morgan fingerprint density at radius 3 is 1.29 bits per heavy atom. The molecule has 1 aromatic rings. The molecule has 0 aromatic heterocycles. The number of nitrogens with two attached hydrogens (primary N) is 4. The molecule has 0 bridgehead atoms. The second-order valence-corrected chi connectivity index (χ2v) is 2.67. The quantitative estimate of drug-likeness (QED) is 0.405. The van der Waals surface area contributed by atoms with Gasteiger partial charge in [-0.15, -0.1) is 0 Å². The minimum Gasteiger partial charge on any atom is -0.395 e. The molecular formula is C8H12N6. The zero-order valence-corrected chi connectivity index (χ0v) is 7.62. The number of nitrogen functional groups attached to an aromatic ring is 4. The number of hydrogen-bond acceptors (Lipinski definition) is 6. The Morgan fingerprint density at radius 2 is 1.00 bits per heavy atom. The molecule has 0 spiro atoms. The molecule has 6 heteroatoms. The lowest BCUT2D eigenvalue weighted by Gasteiger charge is -2.13. The molecule has 0 saturated heterocycles. The first-order chi connectivity index (χ1) is 6.54. The summed E-state index contributed by atoms with van der Waals surface area (Å²) < 4.78 is 0. The molecule has 0 heterocycles. The summed E-state index contributed by atoms with van der Waals surface area (Å²) >= 11 is 0. The van der Waals surface area contributed by atoms with Gasteiger partial charge in [0.15, 0.2) is 0 Å². The molecule has 1 aromatic carbocycles. The van der Waals surface area contributed by atoms with Crippen molar-refractivity contribution in [2.75, 3.05) is 22.9 Å². The van der Waals surface area contributed by atoms with E-state index in [0.717, 1.165) is 0 Å². The summed E-state index contributed by atoms with van der Waals surface area (Å²) in [6, 6.07) is 0. The lowest BCUT2D eigenvalue weighted by molar-refractivity contribution is 1.49. The van der Waals surface area contributed by atoms with Gasteiger partial charge in [0.2, 0.25) is 0 Å². The van der Waals surface area contributed by atoms with E-state index in [4.69, 9.17) is 22.9 Å². The van der Waals surface area contributed by atoms with Gasteiger partial charge in [-0.05, 0) is 13.4 Å². The smallest absolute Gasteiger partial charge is 0.113 e. The van der Waals surface area contributed by atoms with Crippen molar-refractivity contribution in [3.05, 3.63) is 0 Å². The van der Waals surface area contributed by atoms with Gasteiger partial charge in [-0.25, -0.2) is 0 Å². The van der Waals surface area contributed by atoms with Gasteiger partial charge in [-0.2, -0.15) is 0 Å². The number of rotatable bonds is 2. The van der Waals surface area contributed by atoms with E-state index in [1.165, 1.54) is 0 Å². The first-order valence-electron chi connectivity index (χ1n) is 3.73. The maximum Gasteiger partial charge on any atom is 0.113 e. The third kappa shape index (κ3) is 1.13. The van der Waals surface area contributed by atoms with Crippen LogP contribution in [0.1, 0.15) is 0 Å². The number of benzene rings is 1. The van der Waals surface area contributed by atoms with Crippen molar-refractivity contribution in [2.45, 2.75) is 0 Å². The summed E-state index contributed by atoms with van der Waals surface area (Å²) in [5, 5.41) is 0. The molecule has 0 unspecified atom stereocenters. The largest absolute Gasteiger partial charge is 0.395 e. The summed E-state index contributed by atoms with van der Waals surface area (Å²) in [7, 11) is 0. The van der Waals surface area contributed by atoms with Crippen LogP contribution in [-0.4, -0.2) is 13.4 Å². The van der Waals surface area contributed by atoms with Crippen LogP contribution in [0.5, 0.6) is 0 Å². The summed E-state index contributed by atoms with van der Waals surface area (Å²) in [5.41, 5.74) is 24.0. The van der Waals surface area contributed by atoms with E-state index in [9.17, 15) is 0 Å². The predicted octanol–water partition coefficient (Wildman–Crippen LogP) is 0.680. The van der Waals surface area contributed by atoms with Gasteiger partial charge in [-0.1, -0.05) is 0 Å². The molecule has 0 aliphatic rings. The van der Waals surface area contributed by atoms with Gasteiger partial charge < -0.3 is 22.9 Å². The summed E-state index contributed by atoms with van der Waals surface area (Å²) in [5.74, 6) is 0. The normalized spacial score (nSPS) is 9.71. The van der Waals surface area contributed by atoms with Crippen LogP contribution >= 0.6 is 0 Å². The van der Waals surface area contributed by atoms with Crippen LogP contribution in [0.3, 0.4) is 0 Å². The minimum absolute atomic E-state index is 0.198. The zero-order valence-electron chi connectivity index (χ0n) is 7.62. The van der Waals surface area contributed by atoms with Gasteiger partial charge in [0.05, 0.1) is 22.7 Å². The average Bonchev–Trinajstić information content (AvgIpc) is 2.16. The Hall–Kier alpha value is -2.24. The Kier molecular flexibility index (Phi) is 2.29. The molecule has 0 aliphatic heterocycles. The lowest BCUT2D eigenvalue weighted by atomic mass is 10.1. The molecule has 1 rings (SSSR count). The fourth-order valence-corrected chi connectivity index (χ4v) is 1.14. The molecule has 0 fully saturated rings. The summed E-state index contributed by atoms with van der Waals surface area (Å²) in [6.45, 7) is 6.66. The van der Waals surface area contributed by atoms with E-state index < -0.39 is 0 Å². The van der Waals surface area contributed by atoms with Gasteiger partial charge in [0, 0.05) is 0 Å². The Balaban J connectivity index is 3.72. The number of hydrogen-bond donors (Lipinski definition) is 4. The van der Waals surface area contributed by atoms with E-state index in [-0.39, 0.29) is 22.7 Å². The maximum absolute atomic E-state index is 5.69. The average molecular weight is 192 g/mol. The SMILES string of the molecule is C=Nc1c(N)c(N)c(N)c(N=C)c1N. The van der Waals surface area contributed by atoms with Crippen molar-refractivity contribution >= 4 is 47.6 Å². The third-order valence-electron chi connectivity index (χ3n) is 1.92. The summed E-state index contributed by atoms with van der Waals surface area (Å²) in [4.78, 5) is 7.31. The topological polar surface area (TPSA) is 129 Å². The number of nitrogens with zero attached hydrogens (tertiary/aromatic N) is 2. The molecule has 0 radical (unpaired) electrons. The van der Waals surface area contributed by atoms with Crippen LogP contribution in [0.2, 0.25) is 0 Å². The molecule has 0 atom stereocenters. The highest BCUT2D eigenvalue weighted by Crippen LogP contribution is 2.46. The molecular weight excluding hydrogens is 180 g/mol. The predicted molar refractivity (Wildman–Crippen MR) is 62.5 cm³/mol. The first-order valence-corrected chi connectivity index (χ1v) is 3.73. The van der Waals surface area contributed by atoms with Crippen LogP contribution < -0.4 is 22.9 Å². The van der Waals surface area contributed by atoms with E-state index in [1.54, 1.807) is 0 Å². The fraction of sp³-hybridized carbons (Fsp3) is 0. The van der Waals surface area contributed by atoms with Gasteiger partial charge in [0.1, 0.15) is 11.4 Å². The van der Waals surface area contributed by atoms with Crippen molar-refractivity contribution in [3.63, 3.8) is 0 Å². The molecule has 0 saturated carbocycles. The second-order valence-electron chi connectivity index (χ2n) is 2.67. The molecule has 8 N–H and O–H groups in total. The molecule has 14 heavy (non-hydrogen) atoms. The van der Waals surface area contributed by atoms with E-state index in [2.05, 4.69) is 23.4 Å². The van der Waals surface area contributed by atoms with Gasteiger partial charge in [0.25, 0.3) is 0 Å². The highest BCUT2D eigenvalue weighted by Gasteiger charge is 2.15. The van der Waals surface area contributed by atoms with E-state index >= 15 is 0 Å². The van der Waals surface area contributed by atoms with Gasteiger partial charge >= 0.3 is 0 Å². The monoisotopic (exact) mass is 192 g/mol. The second kappa shape index (κ2) is 3.25. The molecule has 6 nitrogen and oxygen atoms in total. The van der Waals surface area contributed by atoms with Crippen LogP contribution in [0.15, 0.2) is 9.98 Å². The Labute approximate surface area is 81.3 Å². The van der Waals surface area contributed by atoms with Crippen molar-refractivity contribution < 1.29 is 0 Å². The number of anilines is 4. The highest BCUT2D eigenvalue weighted by molar-refractivity contribution is 6.02. The first kappa shape index (κ1) is 9.85. The lowest BCUT2D eigenvalue weighted by Crippen LogP contribution is -2.03. The van der Waals surface area contributed by atoms with E-state index in [0.29, 0.717) is 11.4 Å². The van der Waals surface area contributed by atoms with Crippen LogP contribution in [0.4, 0.5) is 34.1 Å². The van der Waals surface area contributed by atoms with E-state index in [1.807, 2.05) is 0 Å². The fourth-order valence-electron chi connectivity index (χ4n) is 1.14. The van der Waals surface area contributed by atoms with Gasteiger partial charge in [-0.3, -0.25) is 9.98 Å². The minimum atomic E-state index is 0.198. The summed E-state index contributed by atoms with van der Waals surface area (Å²) in [6.07, 6.45) is 0. The highest BCUT2D eigenvalue weighted by atomic mass is 14.9. The van der Waals surface area contributed by atoms with Crippen LogP contribution in [0, 0.1) is 0 Å². The van der Waals surface area contributed by atoms with Crippen LogP contribution in [-0.2, 0) is 0 Å². The molecule has 0 aliphatic carbocycles. The molecule has 74 valence electrons. The Morgan fingerprint density at radius 1 is 0.643 bits per heavy atom. The Bertz CT molecular complexity index is 374. The van der Waals surface area contributed by atoms with Crippen molar-refractivity contribution in [3.8, 4) is 0 Å². The van der Waals surface area contributed by atoms with Crippen LogP contribution in [0.25, 0.3) is 0 Å². The van der Waals surface area contributed by atoms with Crippen molar-refractivity contribution in [1.29, 1.82) is 0 Å². The van der Waals surface area contributed by atoms with Crippen molar-refractivity contribution in [1.82, 2.24) is 0 Å². The number of aliphatic imine (C=N–C) groups is 2. The van der Waals surface area contributed by atoms with Crippen molar-refractivity contribution in [2.24, 2.45) is 9.98 Å². The third-order valence-corrected chi connectivity index (χ3v) is 1.92.